The molecular weight excluding hydrogens is 323 g/mol. The van der Waals surface area contributed by atoms with Crippen molar-refractivity contribution in [2.45, 2.75) is 25.8 Å². The summed E-state index contributed by atoms with van der Waals surface area (Å²) in [6.45, 7) is 3.74. The minimum atomic E-state index is -0.294. The quantitative estimate of drug-likeness (QED) is 0.833. The molecule has 0 atom stereocenters. The third-order valence-electron chi connectivity index (χ3n) is 4.81. The number of nitrogens with zero attached hydrogens (tertiary/aromatic N) is 4. The van der Waals surface area contributed by atoms with Crippen molar-refractivity contribution >= 4 is 5.91 Å². The monoisotopic (exact) mass is 344 g/mol. The molecule has 0 unspecified atom stereocenters. The number of piperazine rings is 1. The largest absolute Gasteiger partial charge is 0.340 e. The maximum absolute atomic E-state index is 13.0. The highest BCUT2D eigenvalue weighted by atomic mass is 19.1. The molecule has 0 spiro atoms. The first-order valence-electron chi connectivity index (χ1n) is 8.76. The maximum Gasteiger partial charge on any atom is 0.257 e. The van der Waals surface area contributed by atoms with Crippen LogP contribution in [-0.4, -0.2) is 52.0 Å². The van der Waals surface area contributed by atoms with E-state index < -0.39 is 0 Å². The first kappa shape index (κ1) is 16.2. The molecule has 2 fully saturated rings. The van der Waals surface area contributed by atoms with Gasteiger partial charge in [0, 0.05) is 38.2 Å². The predicted octanol–water partition coefficient (Wildman–Crippen LogP) is 2.32. The van der Waals surface area contributed by atoms with Gasteiger partial charge in [0.2, 0.25) is 5.91 Å². The molecule has 1 aliphatic carbocycles. The smallest absolute Gasteiger partial charge is 0.257 e. The molecule has 0 N–H and O–H groups in total. The average molecular weight is 344 g/mol. The number of carbonyl (C=O) groups is 1. The molecule has 1 aromatic heterocycles. The van der Waals surface area contributed by atoms with E-state index in [2.05, 4.69) is 15.0 Å². The Labute approximate surface area is 145 Å². The summed E-state index contributed by atoms with van der Waals surface area (Å²) >= 11 is 0. The Balaban J connectivity index is 1.30. The van der Waals surface area contributed by atoms with E-state index in [1.165, 1.54) is 25.0 Å². The van der Waals surface area contributed by atoms with Crippen LogP contribution in [0.25, 0.3) is 11.5 Å². The van der Waals surface area contributed by atoms with Gasteiger partial charge in [-0.05, 0) is 43.0 Å². The van der Waals surface area contributed by atoms with Crippen LogP contribution in [0, 0.1) is 11.7 Å². The number of aromatic nitrogens is 2. The van der Waals surface area contributed by atoms with Crippen LogP contribution in [0.1, 0.15) is 25.1 Å². The van der Waals surface area contributed by atoms with Gasteiger partial charge in [-0.1, -0.05) is 5.16 Å². The van der Waals surface area contributed by atoms with Gasteiger partial charge in [0.15, 0.2) is 5.82 Å². The normalized spacial score (nSPS) is 18.5. The zero-order valence-corrected chi connectivity index (χ0v) is 14.0. The molecule has 2 aromatic rings. The number of carbonyl (C=O) groups excluding carboxylic acids is 1. The lowest BCUT2D eigenvalue weighted by Gasteiger charge is -2.34. The van der Waals surface area contributed by atoms with Gasteiger partial charge in [-0.2, -0.15) is 4.98 Å². The number of benzene rings is 1. The summed E-state index contributed by atoms with van der Waals surface area (Å²) in [6.07, 6.45) is 3.13. The minimum Gasteiger partial charge on any atom is -0.340 e. The molecule has 0 bridgehead atoms. The lowest BCUT2D eigenvalue weighted by Crippen LogP contribution is -2.48. The Morgan fingerprint density at radius 3 is 2.56 bits per heavy atom. The van der Waals surface area contributed by atoms with E-state index >= 15 is 0 Å². The highest BCUT2D eigenvalue weighted by Gasteiger charge is 2.28. The molecule has 1 amide bonds. The molecule has 7 heteroatoms. The zero-order chi connectivity index (χ0) is 17.2. The number of halogens is 1. The lowest BCUT2D eigenvalue weighted by molar-refractivity contribution is -0.133. The first-order chi connectivity index (χ1) is 12.2. The van der Waals surface area contributed by atoms with E-state index in [9.17, 15) is 9.18 Å². The van der Waals surface area contributed by atoms with Crippen LogP contribution in [0.15, 0.2) is 28.8 Å². The Bertz CT molecular complexity index is 734. The minimum absolute atomic E-state index is 0.292. The van der Waals surface area contributed by atoms with Crippen LogP contribution in [0.5, 0.6) is 0 Å². The molecule has 25 heavy (non-hydrogen) atoms. The van der Waals surface area contributed by atoms with Crippen LogP contribution in [-0.2, 0) is 11.3 Å². The van der Waals surface area contributed by atoms with Crippen molar-refractivity contribution in [2.75, 3.05) is 26.2 Å². The molecule has 4 rings (SSSR count). The second-order valence-corrected chi connectivity index (χ2v) is 6.83. The van der Waals surface area contributed by atoms with E-state index in [4.69, 9.17) is 4.52 Å². The van der Waals surface area contributed by atoms with E-state index in [1.54, 1.807) is 12.1 Å². The highest BCUT2D eigenvalue weighted by molar-refractivity contribution is 5.76. The summed E-state index contributed by atoms with van der Waals surface area (Å²) in [5.41, 5.74) is 0.704. The molecule has 132 valence electrons. The van der Waals surface area contributed by atoms with E-state index in [0.29, 0.717) is 42.1 Å². The number of hydrogen-bond donors (Lipinski definition) is 0. The van der Waals surface area contributed by atoms with Crippen molar-refractivity contribution in [3.63, 3.8) is 0 Å². The second-order valence-electron chi connectivity index (χ2n) is 6.83. The van der Waals surface area contributed by atoms with Crippen molar-refractivity contribution in [1.82, 2.24) is 19.9 Å². The van der Waals surface area contributed by atoms with Crippen LogP contribution < -0.4 is 0 Å². The highest BCUT2D eigenvalue weighted by Crippen LogP contribution is 2.33. The lowest BCUT2D eigenvalue weighted by atomic mass is 10.2. The molecule has 0 radical (unpaired) electrons. The second kappa shape index (κ2) is 6.92. The zero-order valence-electron chi connectivity index (χ0n) is 14.0. The summed E-state index contributed by atoms with van der Waals surface area (Å²) in [4.78, 5) is 20.7. The van der Waals surface area contributed by atoms with E-state index in [0.717, 1.165) is 26.2 Å². The van der Waals surface area contributed by atoms with Crippen LogP contribution in [0.3, 0.4) is 0 Å². The summed E-state index contributed by atoms with van der Waals surface area (Å²) in [5, 5.41) is 4.01. The van der Waals surface area contributed by atoms with Gasteiger partial charge in [-0.15, -0.1) is 0 Å². The van der Waals surface area contributed by atoms with E-state index in [1.807, 2.05) is 4.90 Å². The van der Waals surface area contributed by atoms with Gasteiger partial charge in [0.25, 0.3) is 5.89 Å². The fraction of sp³-hybridized carbons (Fsp3) is 0.500. The Morgan fingerprint density at radius 2 is 1.88 bits per heavy atom. The predicted molar refractivity (Wildman–Crippen MR) is 88.9 cm³/mol. The average Bonchev–Trinajstić information content (AvgIpc) is 3.32. The molecule has 2 heterocycles. The van der Waals surface area contributed by atoms with Crippen LogP contribution >= 0.6 is 0 Å². The van der Waals surface area contributed by atoms with Crippen molar-refractivity contribution in [3.05, 3.63) is 35.9 Å². The summed E-state index contributed by atoms with van der Waals surface area (Å²) in [5.74, 6) is 1.64. The van der Waals surface area contributed by atoms with Crippen LogP contribution in [0.2, 0.25) is 0 Å². The molecule has 1 saturated heterocycles. The topological polar surface area (TPSA) is 62.5 Å². The molecule has 2 aliphatic rings. The third kappa shape index (κ3) is 4.04. The first-order valence-corrected chi connectivity index (χ1v) is 8.76. The molecule has 1 aliphatic heterocycles. The Hall–Kier alpha value is -2.28. The third-order valence-corrected chi connectivity index (χ3v) is 4.81. The Morgan fingerprint density at radius 1 is 1.16 bits per heavy atom. The molecule has 1 saturated carbocycles. The van der Waals surface area contributed by atoms with Crippen molar-refractivity contribution in [3.8, 4) is 11.5 Å². The van der Waals surface area contributed by atoms with E-state index in [-0.39, 0.29) is 5.82 Å². The number of amides is 1. The fourth-order valence-electron chi connectivity index (χ4n) is 3.08. The molecular formula is C18H21FN4O2. The van der Waals surface area contributed by atoms with Gasteiger partial charge in [0.05, 0.1) is 6.54 Å². The summed E-state index contributed by atoms with van der Waals surface area (Å²) in [7, 11) is 0. The number of hydrogen-bond acceptors (Lipinski definition) is 5. The van der Waals surface area contributed by atoms with Gasteiger partial charge in [-0.25, -0.2) is 4.39 Å². The SMILES string of the molecule is O=C(CC1CC1)N1CCN(Cc2noc(-c3ccc(F)cc3)n2)CC1. The van der Waals surface area contributed by atoms with Crippen molar-refractivity contribution < 1.29 is 13.7 Å². The van der Waals surface area contributed by atoms with Gasteiger partial charge < -0.3 is 9.42 Å². The standard InChI is InChI=1S/C18H21FN4O2/c19-15-5-3-14(4-6-15)18-20-16(21-25-18)12-22-7-9-23(10-8-22)17(24)11-13-1-2-13/h3-6,13H,1-2,7-12H2. The van der Waals surface area contributed by atoms with Crippen LogP contribution in [0.4, 0.5) is 4.39 Å². The van der Waals surface area contributed by atoms with Crippen molar-refractivity contribution in [2.24, 2.45) is 5.92 Å². The van der Waals surface area contributed by atoms with Gasteiger partial charge in [-0.3, -0.25) is 9.69 Å². The molecule has 6 nitrogen and oxygen atoms in total. The summed E-state index contributed by atoms with van der Waals surface area (Å²) in [6, 6.07) is 5.99. The maximum atomic E-state index is 13.0. The fourth-order valence-corrected chi connectivity index (χ4v) is 3.08. The summed E-state index contributed by atoms with van der Waals surface area (Å²) < 4.78 is 18.2. The van der Waals surface area contributed by atoms with Gasteiger partial charge in [0.1, 0.15) is 5.82 Å². The number of rotatable bonds is 5. The van der Waals surface area contributed by atoms with Crippen molar-refractivity contribution in [1.29, 1.82) is 0 Å². The Kier molecular flexibility index (Phi) is 4.48. The molecule has 1 aromatic carbocycles. The van der Waals surface area contributed by atoms with Gasteiger partial charge >= 0.3 is 0 Å².